The number of carbonyl (C=O) groups is 2. The second-order valence-corrected chi connectivity index (χ2v) is 9.67. The highest BCUT2D eigenvalue weighted by Gasteiger charge is 2.29. The summed E-state index contributed by atoms with van der Waals surface area (Å²) in [6.45, 7) is 11.0. The van der Waals surface area contributed by atoms with E-state index in [9.17, 15) is 9.59 Å². The fourth-order valence-electron chi connectivity index (χ4n) is 2.47. The van der Waals surface area contributed by atoms with Gasteiger partial charge in [0.25, 0.3) is 0 Å². The molecule has 1 rings (SSSR count). The van der Waals surface area contributed by atoms with Crippen molar-refractivity contribution >= 4 is 46.5 Å². The Morgan fingerprint density at radius 1 is 0.731 bits per heavy atom. The third-order valence-corrected chi connectivity index (χ3v) is 4.66. The second kappa shape index (κ2) is 9.08. The van der Waals surface area contributed by atoms with Crippen molar-refractivity contribution < 1.29 is 9.59 Å². The van der Waals surface area contributed by atoms with Crippen molar-refractivity contribution in [2.24, 2.45) is 10.8 Å². The van der Waals surface area contributed by atoms with Gasteiger partial charge in [-0.25, -0.2) is 0 Å². The minimum atomic E-state index is -0.505. The molecule has 0 bridgehead atoms. The van der Waals surface area contributed by atoms with Gasteiger partial charge in [0.15, 0.2) is 10.2 Å². The molecule has 1 aliphatic carbocycles. The van der Waals surface area contributed by atoms with Gasteiger partial charge in [-0.05, 0) is 37.3 Å². The summed E-state index contributed by atoms with van der Waals surface area (Å²) in [4.78, 5) is 24.1. The van der Waals surface area contributed by atoms with Crippen molar-refractivity contribution in [3.63, 3.8) is 0 Å². The minimum absolute atomic E-state index is 0.0426. The van der Waals surface area contributed by atoms with E-state index in [1.54, 1.807) is 0 Å². The molecule has 1 fully saturated rings. The summed E-state index contributed by atoms with van der Waals surface area (Å²) in [6, 6.07) is 0.0852. The molecule has 1 aliphatic rings. The van der Waals surface area contributed by atoms with E-state index >= 15 is 0 Å². The molecule has 0 aromatic carbocycles. The predicted molar refractivity (Wildman–Crippen MR) is 113 cm³/mol. The van der Waals surface area contributed by atoms with E-state index in [-0.39, 0.29) is 23.9 Å². The molecule has 6 nitrogen and oxygen atoms in total. The van der Waals surface area contributed by atoms with Crippen LogP contribution in [-0.2, 0) is 9.59 Å². The highest BCUT2D eigenvalue weighted by atomic mass is 32.1. The van der Waals surface area contributed by atoms with Gasteiger partial charge in [0.2, 0.25) is 11.8 Å². The maximum atomic E-state index is 12.1. The van der Waals surface area contributed by atoms with Gasteiger partial charge in [0, 0.05) is 22.9 Å². The summed E-state index contributed by atoms with van der Waals surface area (Å²) in [5.74, 6) is -0.244. The van der Waals surface area contributed by atoms with E-state index in [4.69, 9.17) is 24.4 Å². The number of hydrogen-bond donors (Lipinski definition) is 4. The Balaban J connectivity index is 2.61. The zero-order chi connectivity index (χ0) is 20.1. The molecular weight excluding hydrogens is 368 g/mol. The van der Waals surface area contributed by atoms with Crippen LogP contribution in [-0.4, -0.2) is 34.1 Å². The lowest BCUT2D eigenvalue weighted by molar-refractivity contribution is -0.127. The first kappa shape index (κ1) is 22.8. The largest absolute Gasteiger partial charge is 0.358 e. The van der Waals surface area contributed by atoms with Crippen molar-refractivity contribution in [1.82, 2.24) is 21.3 Å². The molecule has 0 radical (unpaired) electrons. The van der Waals surface area contributed by atoms with Crippen LogP contribution in [0, 0.1) is 10.8 Å². The van der Waals surface area contributed by atoms with Gasteiger partial charge in [0.1, 0.15) is 0 Å². The van der Waals surface area contributed by atoms with Crippen LogP contribution < -0.4 is 21.3 Å². The standard InChI is InChI=1S/C18H32N4O2S2/c1-17(2,3)13(23)21-15(25)19-11-9-7-8-10-12(11)20-16(26)22-14(24)18(4,5)6/h11-12H,7-10H2,1-6H3,(H2,19,21,23,25)(H2,20,22,24,26)/t11-,12-/m1/s1. The third kappa shape index (κ3) is 7.53. The summed E-state index contributed by atoms with van der Waals surface area (Å²) in [7, 11) is 0. The summed E-state index contributed by atoms with van der Waals surface area (Å²) in [5.41, 5.74) is -1.01. The van der Waals surface area contributed by atoms with Crippen LogP contribution in [0.2, 0.25) is 0 Å². The molecule has 2 atom stereocenters. The maximum absolute atomic E-state index is 12.1. The van der Waals surface area contributed by atoms with Gasteiger partial charge >= 0.3 is 0 Å². The summed E-state index contributed by atoms with van der Waals surface area (Å²) < 4.78 is 0. The van der Waals surface area contributed by atoms with Crippen molar-refractivity contribution in [2.75, 3.05) is 0 Å². The van der Waals surface area contributed by atoms with Crippen molar-refractivity contribution in [3.05, 3.63) is 0 Å². The number of hydrogen-bond acceptors (Lipinski definition) is 4. The first-order chi connectivity index (χ1) is 11.8. The topological polar surface area (TPSA) is 82.3 Å². The number of nitrogens with one attached hydrogen (secondary N) is 4. The highest BCUT2D eigenvalue weighted by Crippen LogP contribution is 2.19. The van der Waals surface area contributed by atoms with E-state index in [1.165, 1.54) is 0 Å². The van der Waals surface area contributed by atoms with E-state index in [0.717, 1.165) is 25.7 Å². The zero-order valence-electron chi connectivity index (χ0n) is 16.6. The smallest absolute Gasteiger partial charge is 0.231 e. The Kier molecular flexibility index (Phi) is 7.95. The molecule has 0 aromatic heterocycles. The number of amides is 2. The Hall–Kier alpha value is -1.28. The number of carbonyl (C=O) groups excluding carboxylic acids is 2. The van der Waals surface area contributed by atoms with Crippen molar-refractivity contribution in [1.29, 1.82) is 0 Å². The average molecular weight is 401 g/mol. The maximum Gasteiger partial charge on any atom is 0.231 e. The van der Waals surface area contributed by atoms with E-state index in [0.29, 0.717) is 10.2 Å². The van der Waals surface area contributed by atoms with E-state index < -0.39 is 10.8 Å². The zero-order valence-corrected chi connectivity index (χ0v) is 18.2. The van der Waals surface area contributed by atoms with E-state index in [2.05, 4.69) is 21.3 Å². The van der Waals surface area contributed by atoms with Gasteiger partial charge < -0.3 is 21.3 Å². The molecule has 0 spiro atoms. The molecule has 0 aromatic rings. The predicted octanol–water partition coefficient (Wildman–Crippen LogP) is 2.37. The minimum Gasteiger partial charge on any atom is -0.358 e. The summed E-state index contributed by atoms with van der Waals surface area (Å²) >= 11 is 10.6. The van der Waals surface area contributed by atoms with Crippen molar-refractivity contribution in [2.45, 2.75) is 79.3 Å². The van der Waals surface area contributed by atoms with Crippen LogP contribution in [0.15, 0.2) is 0 Å². The molecule has 0 saturated heterocycles. The van der Waals surface area contributed by atoms with Crippen LogP contribution in [0.1, 0.15) is 67.2 Å². The normalized spacial score (nSPS) is 20.7. The lowest BCUT2D eigenvalue weighted by Gasteiger charge is -2.34. The van der Waals surface area contributed by atoms with Crippen LogP contribution in [0.25, 0.3) is 0 Å². The lowest BCUT2D eigenvalue weighted by atomic mass is 9.90. The molecule has 0 heterocycles. The molecule has 26 heavy (non-hydrogen) atoms. The van der Waals surface area contributed by atoms with Gasteiger partial charge in [-0.1, -0.05) is 54.4 Å². The van der Waals surface area contributed by atoms with Crippen LogP contribution in [0.5, 0.6) is 0 Å². The van der Waals surface area contributed by atoms with Crippen LogP contribution >= 0.6 is 24.4 Å². The quantitative estimate of drug-likeness (QED) is 0.533. The molecule has 0 unspecified atom stereocenters. The summed E-state index contributed by atoms with van der Waals surface area (Å²) in [6.07, 6.45) is 3.98. The molecular formula is C18H32N4O2S2. The van der Waals surface area contributed by atoms with Gasteiger partial charge in [0.05, 0.1) is 0 Å². The highest BCUT2D eigenvalue weighted by molar-refractivity contribution is 7.80. The monoisotopic (exact) mass is 400 g/mol. The van der Waals surface area contributed by atoms with Gasteiger partial charge in [-0.2, -0.15) is 0 Å². The third-order valence-electron chi connectivity index (χ3n) is 4.22. The van der Waals surface area contributed by atoms with Crippen LogP contribution in [0.4, 0.5) is 0 Å². The second-order valence-electron chi connectivity index (χ2n) is 8.85. The van der Waals surface area contributed by atoms with Gasteiger partial charge in [-0.3, -0.25) is 9.59 Å². The number of thiocarbonyl (C=S) groups is 2. The molecule has 0 aliphatic heterocycles. The molecule has 148 valence electrons. The Morgan fingerprint density at radius 2 is 1.04 bits per heavy atom. The fourth-order valence-corrected chi connectivity index (χ4v) is 2.95. The molecule has 2 amide bonds. The first-order valence-corrected chi connectivity index (χ1v) is 9.86. The average Bonchev–Trinajstić information content (AvgIpc) is 2.47. The van der Waals surface area contributed by atoms with Crippen molar-refractivity contribution in [3.8, 4) is 0 Å². The number of rotatable bonds is 2. The fraction of sp³-hybridized carbons (Fsp3) is 0.778. The van der Waals surface area contributed by atoms with Gasteiger partial charge in [-0.15, -0.1) is 0 Å². The molecule has 4 N–H and O–H groups in total. The Labute approximate surface area is 167 Å². The first-order valence-electron chi connectivity index (χ1n) is 9.04. The SMILES string of the molecule is CC(C)(C)C(=O)NC(=S)N[C@@H]1CCCC[C@H]1NC(=S)NC(=O)C(C)(C)C. The Bertz CT molecular complexity index is 515. The van der Waals surface area contributed by atoms with Crippen LogP contribution in [0.3, 0.4) is 0 Å². The molecule has 8 heteroatoms. The Morgan fingerprint density at radius 3 is 1.31 bits per heavy atom. The summed E-state index contributed by atoms with van der Waals surface area (Å²) in [5, 5.41) is 12.6. The lowest BCUT2D eigenvalue weighted by Crippen LogP contribution is -2.58. The van der Waals surface area contributed by atoms with E-state index in [1.807, 2.05) is 41.5 Å². The molecule has 1 saturated carbocycles.